The fourth-order valence-electron chi connectivity index (χ4n) is 2.05. The van der Waals surface area contributed by atoms with Gasteiger partial charge in [-0.25, -0.2) is 4.79 Å². The first kappa shape index (κ1) is 18.0. The van der Waals surface area contributed by atoms with Crippen molar-refractivity contribution < 1.29 is 19.1 Å². The number of carbonyl (C=O) groups is 2. The minimum absolute atomic E-state index is 0.175. The second kappa shape index (κ2) is 9.08. The minimum atomic E-state index is -0.482. The van der Waals surface area contributed by atoms with Gasteiger partial charge in [0, 0.05) is 10.9 Å². The number of ether oxygens (including phenoxy) is 2. The SMILES string of the molecule is COC(=O)c1ccccc1NC(=O)CCCOc1ccc(Br)cc1. The van der Waals surface area contributed by atoms with Crippen molar-refractivity contribution in [2.45, 2.75) is 12.8 Å². The topological polar surface area (TPSA) is 64.6 Å². The second-order valence-electron chi connectivity index (χ2n) is 4.99. The molecule has 0 aromatic heterocycles. The molecule has 0 unspecified atom stereocenters. The number of benzene rings is 2. The second-order valence-corrected chi connectivity index (χ2v) is 5.91. The summed E-state index contributed by atoms with van der Waals surface area (Å²) in [4.78, 5) is 23.7. The van der Waals surface area contributed by atoms with Gasteiger partial charge in [-0.15, -0.1) is 0 Å². The van der Waals surface area contributed by atoms with Crippen molar-refractivity contribution >= 4 is 33.5 Å². The highest BCUT2D eigenvalue weighted by Crippen LogP contribution is 2.18. The lowest BCUT2D eigenvalue weighted by atomic mass is 10.1. The van der Waals surface area contributed by atoms with Crippen LogP contribution >= 0.6 is 15.9 Å². The van der Waals surface area contributed by atoms with Crippen LogP contribution < -0.4 is 10.1 Å². The van der Waals surface area contributed by atoms with Crippen molar-refractivity contribution in [1.29, 1.82) is 0 Å². The van der Waals surface area contributed by atoms with Gasteiger partial charge in [0.15, 0.2) is 0 Å². The zero-order valence-corrected chi connectivity index (χ0v) is 14.8. The first-order valence-corrected chi connectivity index (χ1v) is 8.25. The molecule has 1 N–H and O–H groups in total. The highest BCUT2D eigenvalue weighted by Gasteiger charge is 2.12. The number of para-hydroxylation sites is 1. The summed E-state index contributed by atoms with van der Waals surface area (Å²) in [5, 5.41) is 2.73. The zero-order valence-electron chi connectivity index (χ0n) is 13.3. The Balaban J connectivity index is 1.79. The van der Waals surface area contributed by atoms with E-state index in [0.717, 1.165) is 10.2 Å². The molecule has 6 heteroatoms. The Labute approximate surface area is 149 Å². The fourth-order valence-corrected chi connectivity index (χ4v) is 2.31. The minimum Gasteiger partial charge on any atom is -0.494 e. The van der Waals surface area contributed by atoms with Gasteiger partial charge in [-0.3, -0.25) is 4.79 Å². The maximum Gasteiger partial charge on any atom is 0.339 e. The van der Waals surface area contributed by atoms with E-state index in [-0.39, 0.29) is 5.91 Å². The van der Waals surface area contributed by atoms with Crippen molar-refractivity contribution in [2.75, 3.05) is 19.0 Å². The number of halogens is 1. The van der Waals surface area contributed by atoms with Gasteiger partial charge in [-0.1, -0.05) is 28.1 Å². The van der Waals surface area contributed by atoms with Crippen LogP contribution in [-0.2, 0) is 9.53 Å². The average molecular weight is 392 g/mol. The molecule has 0 fully saturated rings. The van der Waals surface area contributed by atoms with Crippen LogP contribution in [0, 0.1) is 0 Å². The smallest absolute Gasteiger partial charge is 0.339 e. The van der Waals surface area contributed by atoms with E-state index in [9.17, 15) is 9.59 Å². The molecular formula is C18H18BrNO4. The summed E-state index contributed by atoms with van der Waals surface area (Å²) in [6.45, 7) is 0.438. The molecule has 126 valence electrons. The Morgan fingerprint density at radius 1 is 1.08 bits per heavy atom. The van der Waals surface area contributed by atoms with Crippen LogP contribution in [0.4, 0.5) is 5.69 Å². The molecule has 0 atom stereocenters. The van der Waals surface area contributed by atoms with Crippen LogP contribution in [-0.4, -0.2) is 25.6 Å². The van der Waals surface area contributed by atoms with Crippen LogP contribution in [0.15, 0.2) is 53.0 Å². The van der Waals surface area contributed by atoms with Gasteiger partial charge in [0.05, 0.1) is 25.0 Å². The summed E-state index contributed by atoms with van der Waals surface area (Å²) in [6, 6.07) is 14.2. The maximum atomic E-state index is 12.0. The highest BCUT2D eigenvalue weighted by molar-refractivity contribution is 9.10. The number of nitrogens with one attached hydrogen (secondary N) is 1. The molecule has 2 rings (SSSR count). The lowest BCUT2D eigenvalue weighted by molar-refractivity contribution is -0.116. The molecule has 24 heavy (non-hydrogen) atoms. The molecule has 2 aromatic rings. The number of amides is 1. The predicted molar refractivity (Wildman–Crippen MR) is 95.3 cm³/mol. The first-order valence-electron chi connectivity index (χ1n) is 7.45. The van der Waals surface area contributed by atoms with Crippen molar-refractivity contribution in [2.24, 2.45) is 0 Å². The van der Waals surface area contributed by atoms with Gasteiger partial charge in [-0.05, 0) is 42.8 Å². The predicted octanol–water partition coefficient (Wildman–Crippen LogP) is 4.03. The Hall–Kier alpha value is -2.34. The molecule has 5 nitrogen and oxygen atoms in total. The molecule has 0 radical (unpaired) electrons. The third kappa shape index (κ3) is 5.38. The van der Waals surface area contributed by atoms with Crippen molar-refractivity contribution in [3.8, 4) is 5.75 Å². The van der Waals surface area contributed by atoms with Crippen molar-refractivity contribution in [3.63, 3.8) is 0 Å². The third-order valence-electron chi connectivity index (χ3n) is 3.24. The summed E-state index contributed by atoms with van der Waals surface area (Å²) in [5.41, 5.74) is 0.780. The van der Waals surface area contributed by atoms with Gasteiger partial charge >= 0.3 is 5.97 Å². The molecular weight excluding hydrogens is 374 g/mol. The van der Waals surface area contributed by atoms with E-state index in [1.165, 1.54) is 7.11 Å². The van der Waals surface area contributed by atoms with E-state index in [1.807, 2.05) is 24.3 Å². The van der Waals surface area contributed by atoms with E-state index in [4.69, 9.17) is 9.47 Å². The van der Waals surface area contributed by atoms with Crippen LogP contribution in [0.25, 0.3) is 0 Å². The lowest BCUT2D eigenvalue weighted by Gasteiger charge is -2.10. The quantitative estimate of drug-likeness (QED) is 0.571. The Kier molecular flexibility index (Phi) is 6.81. The molecule has 0 heterocycles. The number of hydrogen-bond acceptors (Lipinski definition) is 4. The monoisotopic (exact) mass is 391 g/mol. The molecule has 0 bridgehead atoms. The number of carbonyl (C=O) groups excluding carboxylic acids is 2. The Morgan fingerprint density at radius 3 is 2.50 bits per heavy atom. The molecule has 0 aliphatic carbocycles. The lowest BCUT2D eigenvalue weighted by Crippen LogP contribution is -2.15. The Morgan fingerprint density at radius 2 is 1.79 bits per heavy atom. The number of methoxy groups -OCH3 is 1. The van der Waals surface area contributed by atoms with Crippen LogP contribution in [0.5, 0.6) is 5.75 Å². The summed E-state index contributed by atoms with van der Waals surface area (Å²) < 4.78 is 11.3. The molecule has 0 aliphatic rings. The molecule has 1 amide bonds. The van der Waals surface area contributed by atoms with E-state index in [0.29, 0.717) is 30.7 Å². The zero-order chi connectivity index (χ0) is 17.4. The Bertz CT molecular complexity index is 700. The van der Waals surface area contributed by atoms with E-state index >= 15 is 0 Å². The number of anilines is 1. The van der Waals surface area contributed by atoms with Gasteiger partial charge in [0.2, 0.25) is 5.91 Å². The number of rotatable bonds is 7. The average Bonchev–Trinajstić information content (AvgIpc) is 2.60. The van der Waals surface area contributed by atoms with E-state index in [2.05, 4.69) is 21.2 Å². The fraction of sp³-hybridized carbons (Fsp3) is 0.222. The van der Waals surface area contributed by atoms with Gasteiger partial charge in [0.1, 0.15) is 5.75 Å². The summed E-state index contributed by atoms with van der Waals surface area (Å²) in [7, 11) is 1.31. The van der Waals surface area contributed by atoms with Crippen LogP contribution in [0.2, 0.25) is 0 Å². The van der Waals surface area contributed by atoms with E-state index in [1.54, 1.807) is 24.3 Å². The number of hydrogen-bond donors (Lipinski definition) is 1. The van der Waals surface area contributed by atoms with Gasteiger partial charge in [0.25, 0.3) is 0 Å². The van der Waals surface area contributed by atoms with Crippen molar-refractivity contribution in [3.05, 3.63) is 58.6 Å². The third-order valence-corrected chi connectivity index (χ3v) is 3.77. The first-order chi connectivity index (χ1) is 11.6. The summed E-state index contributed by atoms with van der Waals surface area (Å²) in [6.07, 6.45) is 0.869. The molecule has 0 spiro atoms. The molecule has 0 aliphatic heterocycles. The van der Waals surface area contributed by atoms with Gasteiger partial charge < -0.3 is 14.8 Å². The van der Waals surface area contributed by atoms with Crippen molar-refractivity contribution in [1.82, 2.24) is 0 Å². The van der Waals surface area contributed by atoms with Gasteiger partial charge in [-0.2, -0.15) is 0 Å². The molecule has 0 saturated heterocycles. The summed E-state index contributed by atoms with van der Waals surface area (Å²) in [5.74, 6) is 0.102. The summed E-state index contributed by atoms with van der Waals surface area (Å²) >= 11 is 3.36. The van der Waals surface area contributed by atoms with E-state index < -0.39 is 5.97 Å². The maximum absolute atomic E-state index is 12.0. The standard InChI is InChI=1S/C18H18BrNO4/c1-23-18(22)15-5-2-3-6-16(15)20-17(21)7-4-12-24-14-10-8-13(19)9-11-14/h2-3,5-6,8-11H,4,7,12H2,1H3,(H,20,21). The molecule has 0 saturated carbocycles. The number of esters is 1. The molecule has 2 aromatic carbocycles. The van der Waals surface area contributed by atoms with Crippen LogP contribution in [0.3, 0.4) is 0 Å². The largest absolute Gasteiger partial charge is 0.494 e. The van der Waals surface area contributed by atoms with Crippen LogP contribution in [0.1, 0.15) is 23.2 Å². The highest BCUT2D eigenvalue weighted by atomic mass is 79.9. The normalized spacial score (nSPS) is 10.1.